The highest BCUT2D eigenvalue weighted by molar-refractivity contribution is 7.99. The average molecular weight is 235 g/mol. The van der Waals surface area contributed by atoms with E-state index >= 15 is 0 Å². The van der Waals surface area contributed by atoms with Crippen LogP contribution in [0.2, 0.25) is 0 Å². The topological polar surface area (TPSA) is 62.8 Å². The molecule has 3 nitrogen and oxygen atoms in total. The molecule has 0 bridgehead atoms. The third kappa shape index (κ3) is 2.98. The molecule has 0 unspecified atom stereocenters. The van der Waals surface area contributed by atoms with Crippen LogP contribution >= 0.6 is 11.8 Å². The first-order valence-electron chi connectivity index (χ1n) is 5.69. The Morgan fingerprint density at radius 1 is 1.50 bits per heavy atom. The molecule has 0 amide bonds. The number of pyridine rings is 1. The minimum absolute atomic E-state index is 0.116. The summed E-state index contributed by atoms with van der Waals surface area (Å²) in [6.45, 7) is 0. The molecule has 1 aromatic heterocycles. The van der Waals surface area contributed by atoms with Gasteiger partial charge in [-0.15, -0.1) is 11.8 Å². The number of rotatable bonds is 4. The fourth-order valence-corrected chi connectivity index (χ4v) is 3.12. The molecule has 3 N–H and O–H groups in total. The maximum absolute atomic E-state index is 7.37. The number of thioether (sulfide) groups is 1. The van der Waals surface area contributed by atoms with Gasteiger partial charge < -0.3 is 5.73 Å². The number of nitrogens with two attached hydrogens (primary N) is 1. The van der Waals surface area contributed by atoms with Crippen molar-refractivity contribution < 1.29 is 0 Å². The minimum atomic E-state index is 0.116. The number of nitrogen functional groups attached to an aromatic ring is 1. The van der Waals surface area contributed by atoms with E-state index < -0.39 is 0 Å². The smallest absolute Gasteiger partial charge is 0.122 e. The molecular weight excluding hydrogens is 218 g/mol. The summed E-state index contributed by atoms with van der Waals surface area (Å²) in [6.07, 6.45) is 7.21. The maximum atomic E-state index is 7.37. The number of amidine groups is 1. The highest BCUT2D eigenvalue weighted by Gasteiger charge is 2.15. The van der Waals surface area contributed by atoms with E-state index in [0.717, 1.165) is 22.3 Å². The lowest BCUT2D eigenvalue weighted by Crippen LogP contribution is -2.11. The summed E-state index contributed by atoms with van der Waals surface area (Å²) < 4.78 is 0. The van der Waals surface area contributed by atoms with Crippen LogP contribution in [0, 0.1) is 11.3 Å². The van der Waals surface area contributed by atoms with Crippen molar-refractivity contribution in [1.82, 2.24) is 4.98 Å². The predicted octanol–water partition coefficient (Wildman–Crippen LogP) is 2.65. The standard InChI is InChI=1S/C12H17N3S/c13-12(14)10-5-6-15-11(7-10)16-8-9-3-1-2-4-9/h5-7,9H,1-4,8H2,(H3,13,14). The lowest BCUT2D eigenvalue weighted by molar-refractivity contribution is 0.623. The molecule has 16 heavy (non-hydrogen) atoms. The summed E-state index contributed by atoms with van der Waals surface area (Å²) in [6, 6.07) is 3.68. The van der Waals surface area contributed by atoms with Crippen LogP contribution < -0.4 is 5.73 Å². The van der Waals surface area contributed by atoms with Crippen molar-refractivity contribution in [2.75, 3.05) is 5.75 Å². The summed E-state index contributed by atoms with van der Waals surface area (Å²) in [4.78, 5) is 4.29. The van der Waals surface area contributed by atoms with Crippen molar-refractivity contribution in [2.45, 2.75) is 30.7 Å². The van der Waals surface area contributed by atoms with E-state index in [0.29, 0.717) is 0 Å². The van der Waals surface area contributed by atoms with E-state index in [1.807, 2.05) is 6.07 Å². The van der Waals surface area contributed by atoms with Gasteiger partial charge in [-0.2, -0.15) is 0 Å². The van der Waals surface area contributed by atoms with E-state index in [-0.39, 0.29) is 5.84 Å². The van der Waals surface area contributed by atoms with Crippen molar-refractivity contribution in [3.05, 3.63) is 23.9 Å². The van der Waals surface area contributed by atoms with Gasteiger partial charge in [-0.05, 0) is 30.9 Å². The molecule has 1 heterocycles. The molecule has 0 radical (unpaired) electrons. The van der Waals surface area contributed by atoms with Gasteiger partial charge in [0, 0.05) is 17.5 Å². The van der Waals surface area contributed by atoms with Gasteiger partial charge in [0.2, 0.25) is 0 Å². The minimum Gasteiger partial charge on any atom is -0.384 e. The monoisotopic (exact) mass is 235 g/mol. The second-order valence-electron chi connectivity index (χ2n) is 4.26. The van der Waals surface area contributed by atoms with Gasteiger partial charge in [-0.3, -0.25) is 5.41 Å². The summed E-state index contributed by atoms with van der Waals surface area (Å²) >= 11 is 1.79. The van der Waals surface area contributed by atoms with Crippen molar-refractivity contribution >= 4 is 17.6 Å². The van der Waals surface area contributed by atoms with E-state index in [4.69, 9.17) is 11.1 Å². The van der Waals surface area contributed by atoms with Crippen LogP contribution in [-0.2, 0) is 0 Å². The van der Waals surface area contributed by atoms with Crippen molar-refractivity contribution in [3.63, 3.8) is 0 Å². The van der Waals surface area contributed by atoms with Crippen LogP contribution in [0.4, 0.5) is 0 Å². The molecule has 0 aromatic carbocycles. The molecule has 86 valence electrons. The van der Waals surface area contributed by atoms with Crippen molar-refractivity contribution in [3.8, 4) is 0 Å². The van der Waals surface area contributed by atoms with E-state index in [2.05, 4.69) is 4.98 Å². The normalized spacial score (nSPS) is 16.5. The largest absolute Gasteiger partial charge is 0.384 e. The van der Waals surface area contributed by atoms with Crippen LogP contribution in [0.15, 0.2) is 23.4 Å². The van der Waals surface area contributed by atoms with Crippen LogP contribution in [0.1, 0.15) is 31.2 Å². The Balaban J connectivity index is 1.93. The zero-order valence-electron chi connectivity index (χ0n) is 9.28. The lowest BCUT2D eigenvalue weighted by atomic mass is 10.1. The fourth-order valence-electron chi connectivity index (χ4n) is 2.04. The number of aromatic nitrogens is 1. The van der Waals surface area contributed by atoms with Gasteiger partial charge in [-0.25, -0.2) is 4.98 Å². The SMILES string of the molecule is N=C(N)c1ccnc(SCC2CCCC2)c1. The maximum Gasteiger partial charge on any atom is 0.122 e. The van der Waals surface area contributed by atoms with E-state index in [1.165, 1.54) is 25.7 Å². The molecule has 2 rings (SSSR count). The quantitative estimate of drug-likeness (QED) is 0.479. The van der Waals surface area contributed by atoms with Gasteiger partial charge in [0.25, 0.3) is 0 Å². The van der Waals surface area contributed by atoms with Crippen LogP contribution in [0.5, 0.6) is 0 Å². The first kappa shape index (κ1) is 11.5. The molecule has 0 spiro atoms. The Hall–Kier alpha value is -1.03. The number of hydrogen-bond acceptors (Lipinski definition) is 3. The average Bonchev–Trinajstić information content (AvgIpc) is 2.79. The molecule has 1 fully saturated rings. The molecule has 4 heteroatoms. The summed E-state index contributed by atoms with van der Waals surface area (Å²) in [7, 11) is 0. The molecule has 0 saturated heterocycles. The van der Waals surface area contributed by atoms with Crippen LogP contribution in [0.3, 0.4) is 0 Å². The molecular formula is C12H17N3S. The van der Waals surface area contributed by atoms with Gasteiger partial charge in [0.1, 0.15) is 5.84 Å². The summed E-state index contributed by atoms with van der Waals surface area (Å²) in [5.41, 5.74) is 6.21. The van der Waals surface area contributed by atoms with E-state index in [1.54, 1.807) is 24.0 Å². The third-order valence-electron chi connectivity index (χ3n) is 2.99. The molecule has 1 aromatic rings. The highest BCUT2D eigenvalue weighted by Crippen LogP contribution is 2.30. The Kier molecular flexibility index (Phi) is 3.83. The van der Waals surface area contributed by atoms with Crippen molar-refractivity contribution in [2.24, 2.45) is 11.7 Å². The molecule has 0 atom stereocenters. The fraction of sp³-hybridized carbons (Fsp3) is 0.500. The zero-order valence-corrected chi connectivity index (χ0v) is 10.1. The first-order valence-corrected chi connectivity index (χ1v) is 6.67. The summed E-state index contributed by atoms with van der Waals surface area (Å²) in [5, 5.41) is 8.36. The Bertz CT molecular complexity index is 372. The van der Waals surface area contributed by atoms with Crippen LogP contribution in [0.25, 0.3) is 0 Å². The molecule has 0 aliphatic heterocycles. The Morgan fingerprint density at radius 3 is 2.94 bits per heavy atom. The number of hydrogen-bond donors (Lipinski definition) is 2. The highest BCUT2D eigenvalue weighted by atomic mass is 32.2. The summed E-state index contributed by atoms with van der Waals surface area (Å²) in [5.74, 6) is 2.12. The predicted molar refractivity (Wildman–Crippen MR) is 67.9 cm³/mol. The zero-order chi connectivity index (χ0) is 11.4. The Labute approximate surface area is 100 Å². The van der Waals surface area contributed by atoms with Crippen LogP contribution in [-0.4, -0.2) is 16.6 Å². The van der Waals surface area contributed by atoms with Gasteiger partial charge in [0.15, 0.2) is 0 Å². The second-order valence-corrected chi connectivity index (χ2v) is 5.30. The van der Waals surface area contributed by atoms with Crippen molar-refractivity contribution in [1.29, 1.82) is 5.41 Å². The van der Waals surface area contributed by atoms with Gasteiger partial charge in [-0.1, -0.05) is 12.8 Å². The molecule has 1 aliphatic rings. The number of nitrogens with zero attached hydrogens (tertiary/aromatic N) is 1. The second kappa shape index (κ2) is 5.34. The molecule has 1 saturated carbocycles. The molecule has 1 aliphatic carbocycles. The number of nitrogens with one attached hydrogen (secondary N) is 1. The van der Waals surface area contributed by atoms with Gasteiger partial charge >= 0.3 is 0 Å². The van der Waals surface area contributed by atoms with Gasteiger partial charge in [0.05, 0.1) is 5.03 Å². The third-order valence-corrected chi connectivity index (χ3v) is 4.14. The van der Waals surface area contributed by atoms with E-state index in [9.17, 15) is 0 Å². The lowest BCUT2D eigenvalue weighted by Gasteiger charge is -2.08. The Morgan fingerprint density at radius 2 is 2.25 bits per heavy atom. The first-order chi connectivity index (χ1) is 7.75.